The number of hydrogen-bond acceptors (Lipinski definition) is 3. The van der Waals surface area contributed by atoms with E-state index in [-0.39, 0.29) is 21.2 Å². The predicted molar refractivity (Wildman–Crippen MR) is 116 cm³/mol. The molecule has 0 fully saturated rings. The summed E-state index contributed by atoms with van der Waals surface area (Å²) in [7, 11) is -3.75. The van der Waals surface area contributed by atoms with Gasteiger partial charge in [0.15, 0.2) is 0 Å². The van der Waals surface area contributed by atoms with Gasteiger partial charge < -0.3 is 5.32 Å². The van der Waals surface area contributed by atoms with Gasteiger partial charge in [-0.1, -0.05) is 51.3 Å². The van der Waals surface area contributed by atoms with Crippen molar-refractivity contribution in [3.05, 3.63) is 87.4 Å². The van der Waals surface area contributed by atoms with Crippen LogP contribution >= 0.6 is 27.5 Å². The predicted octanol–water partition coefficient (Wildman–Crippen LogP) is 5.46. The third-order valence-corrected chi connectivity index (χ3v) is 6.08. The zero-order chi connectivity index (χ0) is 20.3. The Balaban J connectivity index is 1.78. The molecule has 8 heteroatoms. The molecular formula is C20H16BrClN2O3S. The normalized spacial score (nSPS) is 11.1. The van der Waals surface area contributed by atoms with Crippen LogP contribution in [0.1, 0.15) is 15.9 Å². The smallest absolute Gasteiger partial charge is 0.261 e. The van der Waals surface area contributed by atoms with Crippen LogP contribution in [0.2, 0.25) is 5.02 Å². The number of carbonyl (C=O) groups excluding carboxylic acids is 1. The topological polar surface area (TPSA) is 75.3 Å². The van der Waals surface area contributed by atoms with Gasteiger partial charge in [-0.15, -0.1) is 0 Å². The van der Waals surface area contributed by atoms with E-state index in [0.717, 1.165) is 10.0 Å². The standard InChI is InChI=1S/C20H16BrClN2O3S/c1-13-5-8-17(9-6-13)28(26,27)24-16-7-10-18(19(22)12-16)20(25)23-15-4-2-3-14(21)11-15/h2-12,24H,1H3,(H,23,25). The van der Waals surface area contributed by atoms with E-state index in [1.807, 2.05) is 13.0 Å². The van der Waals surface area contributed by atoms with Gasteiger partial charge in [-0.2, -0.15) is 0 Å². The summed E-state index contributed by atoms with van der Waals surface area (Å²) in [5, 5.41) is 2.88. The van der Waals surface area contributed by atoms with Crippen molar-refractivity contribution >= 4 is 54.8 Å². The first-order valence-electron chi connectivity index (χ1n) is 8.20. The van der Waals surface area contributed by atoms with Gasteiger partial charge in [0.25, 0.3) is 15.9 Å². The molecule has 28 heavy (non-hydrogen) atoms. The van der Waals surface area contributed by atoms with Crippen molar-refractivity contribution in [1.82, 2.24) is 0 Å². The number of carbonyl (C=O) groups is 1. The monoisotopic (exact) mass is 478 g/mol. The van der Waals surface area contributed by atoms with E-state index in [9.17, 15) is 13.2 Å². The van der Waals surface area contributed by atoms with Crippen LogP contribution in [0.3, 0.4) is 0 Å². The van der Waals surface area contributed by atoms with Gasteiger partial charge in [0, 0.05) is 10.2 Å². The summed E-state index contributed by atoms with van der Waals surface area (Å²) in [6.07, 6.45) is 0. The minimum absolute atomic E-state index is 0.136. The molecule has 0 spiro atoms. The Morgan fingerprint density at radius 1 is 0.964 bits per heavy atom. The lowest BCUT2D eigenvalue weighted by Crippen LogP contribution is -2.15. The molecule has 0 atom stereocenters. The fraction of sp³-hybridized carbons (Fsp3) is 0.0500. The van der Waals surface area contributed by atoms with E-state index in [0.29, 0.717) is 5.69 Å². The Morgan fingerprint density at radius 2 is 1.68 bits per heavy atom. The molecule has 1 amide bonds. The third-order valence-electron chi connectivity index (χ3n) is 3.88. The molecule has 144 valence electrons. The SMILES string of the molecule is Cc1ccc(S(=O)(=O)Nc2ccc(C(=O)Nc3cccc(Br)c3)c(Cl)c2)cc1. The van der Waals surface area contributed by atoms with E-state index in [1.165, 1.54) is 30.3 Å². The summed E-state index contributed by atoms with van der Waals surface area (Å²) in [6.45, 7) is 1.88. The maximum absolute atomic E-state index is 12.5. The Hall–Kier alpha value is -2.35. The third kappa shape index (κ3) is 4.92. The highest BCUT2D eigenvalue weighted by Gasteiger charge is 2.16. The summed E-state index contributed by atoms with van der Waals surface area (Å²) < 4.78 is 28.3. The molecule has 0 radical (unpaired) electrons. The summed E-state index contributed by atoms with van der Waals surface area (Å²) >= 11 is 9.55. The molecular weight excluding hydrogens is 464 g/mol. The summed E-state index contributed by atoms with van der Waals surface area (Å²) in [4.78, 5) is 12.6. The van der Waals surface area contributed by atoms with Crippen molar-refractivity contribution in [3.63, 3.8) is 0 Å². The van der Waals surface area contributed by atoms with Crippen LogP contribution < -0.4 is 10.0 Å². The van der Waals surface area contributed by atoms with Crippen LogP contribution in [-0.2, 0) is 10.0 Å². The largest absolute Gasteiger partial charge is 0.322 e. The minimum Gasteiger partial charge on any atom is -0.322 e. The molecule has 2 N–H and O–H groups in total. The zero-order valence-electron chi connectivity index (χ0n) is 14.7. The van der Waals surface area contributed by atoms with Crippen molar-refractivity contribution < 1.29 is 13.2 Å². The average molecular weight is 480 g/mol. The maximum atomic E-state index is 12.5. The summed E-state index contributed by atoms with van der Waals surface area (Å²) in [5.74, 6) is -0.393. The number of amides is 1. The second-order valence-electron chi connectivity index (χ2n) is 6.08. The van der Waals surface area contributed by atoms with Crippen LogP contribution in [0.4, 0.5) is 11.4 Å². The number of sulfonamides is 1. The Morgan fingerprint density at radius 3 is 2.32 bits per heavy atom. The fourth-order valence-electron chi connectivity index (χ4n) is 2.46. The first-order valence-corrected chi connectivity index (χ1v) is 10.9. The van der Waals surface area contributed by atoms with Crippen LogP contribution in [0.15, 0.2) is 76.1 Å². The Labute approximate surface area is 176 Å². The molecule has 3 aromatic rings. The van der Waals surface area contributed by atoms with Gasteiger partial charge in [0.1, 0.15) is 0 Å². The fourth-order valence-corrected chi connectivity index (χ4v) is 4.17. The Kier molecular flexibility index (Phi) is 6.07. The molecule has 0 aliphatic carbocycles. The van der Waals surface area contributed by atoms with Crippen LogP contribution in [-0.4, -0.2) is 14.3 Å². The van der Waals surface area contributed by atoms with Gasteiger partial charge >= 0.3 is 0 Å². The number of aryl methyl sites for hydroxylation is 1. The van der Waals surface area contributed by atoms with Crippen LogP contribution in [0.5, 0.6) is 0 Å². The molecule has 0 bridgehead atoms. The molecule has 0 saturated heterocycles. The van der Waals surface area contributed by atoms with Gasteiger partial charge in [-0.05, 0) is 55.5 Å². The first kappa shape index (κ1) is 20.4. The van der Waals surface area contributed by atoms with E-state index < -0.39 is 15.9 Å². The van der Waals surface area contributed by atoms with Crippen molar-refractivity contribution in [1.29, 1.82) is 0 Å². The average Bonchev–Trinajstić information content (AvgIpc) is 2.61. The molecule has 0 unspecified atom stereocenters. The van der Waals surface area contributed by atoms with Crippen LogP contribution in [0.25, 0.3) is 0 Å². The highest BCUT2D eigenvalue weighted by atomic mass is 79.9. The number of hydrogen-bond donors (Lipinski definition) is 2. The van der Waals surface area contributed by atoms with Crippen molar-refractivity contribution in [2.24, 2.45) is 0 Å². The molecule has 3 aromatic carbocycles. The molecule has 0 aliphatic rings. The molecule has 3 rings (SSSR count). The zero-order valence-corrected chi connectivity index (χ0v) is 17.9. The second-order valence-corrected chi connectivity index (χ2v) is 9.08. The van der Waals surface area contributed by atoms with Gasteiger partial charge in [-0.25, -0.2) is 8.42 Å². The van der Waals surface area contributed by atoms with Crippen molar-refractivity contribution in [2.45, 2.75) is 11.8 Å². The quantitative estimate of drug-likeness (QED) is 0.510. The highest BCUT2D eigenvalue weighted by molar-refractivity contribution is 9.10. The summed E-state index contributed by atoms with van der Waals surface area (Å²) in [6, 6.07) is 18.0. The maximum Gasteiger partial charge on any atom is 0.261 e. The lowest BCUT2D eigenvalue weighted by Gasteiger charge is -2.11. The molecule has 0 saturated carbocycles. The number of benzene rings is 3. The van der Waals surface area contributed by atoms with E-state index in [2.05, 4.69) is 26.0 Å². The molecule has 5 nitrogen and oxygen atoms in total. The second kappa shape index (κ2) is 8.34. The molecule has 0 aliphatic heterocycles. The first-order chi connectivity index (χ1) is 13.2. The molecule has 0 aromatic heterocycles. The number of rotatable bonds is 5. The van der Waals surface area contributed by atoms with Gasteiger partial charge in [-0.3, -0.25) is 9.52 Å². The number of nitrogens with one attached hydrogen (secondary N) is 2. The van der Waals surface area contributed by atoms with E-state index in [1.54, 1.807) is 30.3 Å². The lowest BCUT2D eigenvalue weighted by molar-refractivity contribution is 0.102. The van der Waals surface area contributed by atoms with E-state index >= 15 is 0 Å². The summed E-state index contributed by atoms with van der Waals surface area (Å²) in [5.41, 5.74) is 2.08. The Bertz CT molecular complexity index is 1130. The highest BCUT2D eigenvalue weighted by Crippen LogP contribution is 2.25. The molecule has 0 heterocycles. The van der Waals surface area contributed by atoms with E-state index in [4.69, 9.17) is 11.6 Å². The number of anilines is 2. The van der Waals surface area contributed by atoms with Crippen molar-refractivity contribution in [3.8, 4) is 0 Å². The van der Waals surface area contributed by atoms with Gasteiger partial charge in [0.2, 0.25) is 0 Å². The van der Waals surface area contributed by atoms with Gasteiger partial charge in [0.05, 0.1) is 21.2 Å². The minimum atomic E-state index is -3.75. The number of halogens is 2. The van der Waals surface area contributed by atoms with Crippen molar-refractivity contribution in [2.75, 3.05) is 10.0 Å². The lowest BCUT2D eigenvalue weighted by atomic mass is 10.2. The van der Waals surface area contributed by atoms with Crippen LogP contribution in [0, 0.1) is 6.92 Å².